The number of ether oxygens (including phenoxy) is 1. The van der Waals surface area contributed by atoms with Crippen LogP contribution in [0.2, 0.25) is 0 Å². The standard InChI is InChI=1S/C9H20N2O2/c1-5-9(3,10)7-13-8(12)11(4)6-2/h5-7,10H2,1-4H3. The van der Waals surface area contributed by atoms with Crippen molar-refractivity contribution in [2.24, 2.45) is 5.73 Å². The molecule has 0 radical (unpaired) electrons. The number of nitrogens with zero attached hydrogens (tertiary/aromatic N) is 1. The first kappa shape index (κ1) is 12.2. The molecule has 0 rings (SSSR count). The van der Waals surface area contributed by atoms with Crippen molar-refractivity contribution in [3.05, 3.63) is 0 Å². The summed E-state index contributed by atoms with van der Waals surface area (Å²) in [7, 11) is 1.70. The molecule has 0 aromatic carbocycles. The van der Waals surface area contributed by atoms with Crippen LogP contribution in [-0.4, -0.2) is 36.7 Å². The Morgan fingerprint density at radius 3 is 2.46 bits per heavy atom. The van der Waals surface area contributed by atoms with Crippen molar-refractivity contribution < 1.29 is 9.53 Å². The number of hydrogen-bond donors (Lipinski definition) is 1. The van der Waals surface area contributed by atoms with E-state index in [0.29, 0.717) is 6.54 Å². The fourth-order valence-corrected chi connectivity index (χ4v) is 0.568. The van der Waals surface area contributed by atoms with E-state index in [-0.39, 0.29) is 12.7 Å². The molecule has 0 heterocycles. The zero-order chi connectivity index (χ0) is 10.5. The predicted octanol–water partition coefficient (Wildman–Crippen LogP) is 1.20. The van der Waals surface area contributed by atoms with Gasteiger partial charge in [0.05, 0.1) is 0 Å². The highest BCUT2D eigenvalue weighted by Gasteiger charge is 2.19. The van der Waals surface area contributed by atoms with Crippen molar-refractivity contribution in [3.8, 4) is 0 Å². The largest absolute Gasteiger partial charge is 0.447 e. The Labute approximate surface area is 80.0 Å². The normalized spacial score (nSPS) is 14.8. The molecule has 78 valence electrons. The van der Waals surface area contributed by atoms with E-state index in [0.717, 1.165) is 6.42 Å². The minimum absolute atomic E-state index is 0.271. The number of carbonyl (C=O) groups excluding carboxylic acids is 1. The quantitative estimate of drug-likeness (QED) is 0.721. The van der Waals surface area contributed by atoms with E-state index in [1.165, 1.54) is 4.90 Å². The van der Waals surface area contributed by atoms with E-state index in [4.69, 9.17) is 10.5 Å². The Bertz CT molecular complexity index is 169. The third kappa shape index (κ3) is 4.72. The molecule has 4 heteroatoms. The lowest BCUT2D eigenvalue weighted by molar-refractivity contribution is 0.0909. The summed E-state index contributed by atoms with van der Waals surface area (Å²) in [5, 5.41) is 0. The third-order valence-electron chi connectivity index (χ3n) is 2.12. The molecule has 0 aromatic heterocycles. The number of rotatable bonds is 4. The summed E-state index contributed by atoms with van der Waals surface area (Å²) in [6.07, 6.45) is 0.475. The smallest absolute Gasteiger partial charge is 0.409 e. The van der Waals surface area contributed by atoms with Crippen molar-refractivity contribution in [2.45, 2.75) is 32.7 Å². The van der Waals surface area contributed by atoms with Gasteiger partial charge in [0.2, 0.25) is 0 Å². The molecule has 0 saturated heterocycles. The molecule has 4 nitrogen and oxygen atoms in total. The highest BCUT2D eigenvalue weighted by Crippen LogP contribution is 2.05. The Hall–Kier alpha value is -0.770. The van der Waals surface area contributed by atoms with Gasteiger partial charge in [0.1, 0.15) is 6.61 Å². The molecule has 1 atom stereocenters. The van der Waals surface area contributed by atoms with E-state index >= 15 is 0 Å². The predicted molar refractivity (Wildman–Crippen MR) is 52.5 cm³/mol. The van der Waals surface area contributed by atoms with Gasteiger partial charge in [-0.05, 0) is 20.3 Å². The fourth-order valence-electron chi connectivity index (χ4n) is 0.568. The minimum Gasteiger partial charge on any atom is -0.447 e. The maximum Gasteiger partial charge on any atom is 0.409 e. The summed E-state index contributed by atoms with van der Waals surface area (Å²) < 4.78 is 5.01. The van der Waals surface area contributed by atoms with Gasteiger partial charge in [-0.15, -0.1) is 0 Å². The third-order valence-corrected chi connectivity index (χ3v) is 2.12. The van der Waals surface area contributed by atoms with Crippen LogP contribution in [0.5, 0.6) is 0 Å². The topological polar surface area (TPSA) is 55.6 Å². The van der Waals surface area contributed by atoms with Crippen LogP contribution in [0.15, 0.2) is 0 Å². The highest BCUT2D eigenvalue weighted by molar-refractivity contribution is 5.67. The maximum absolute atomic E-state index is 11.2. The molecular formula is C9H20N2O2. The molecule has 13 heavy (non-hydrogen) atoms. The molecule has 0 fully saturated rings. The molecule has 0 saturated carbocycles. The van der Waals surface area contributed by atoms with E-state index in [9.17, 15) is 4.79 Å². The van der Waals surface area contributed by atoms with Crippen LogP contribution < -0.4 is 5.73 Å². The molecule has 0 aliphatic rings. The number of carbonyl (C=O) groups is 1. The first-order valence-electron chi connectivity index (χ1n) is 4.59. The summed E-state index contributed by atoms with van der Waals surface area (Å²) in [5.41, 5.74) is 5.40. The van der Waals surface area contributed by atoms with Crippen molar-refractivity contribution >= 4 is 6.09 Å². The van der Waals surface area contributed by atoms with Gasteiger partial charge in [-0.3, -0.25) is 0 Å². The second kappa shape index (κ2) is 5.07. The SMILES string of the molecule is CCN(C)C(=O)OCC(C)(N)CC. The molecule has 0 aliphatic carbocycles. The number of amides is 1. The Morgan fingerprint density at radius 1 is 1.54 bits per heavy atom. The molecule has 0 spiro atoms. The first-order chi connectivity index (χ1) is 5.93. The summed E-state index contributed by atoms with van der Waals surface area (Å²) in [4.78, 5) is 12.7. The molecule has 1 unspecified atom stereocenters. The molecule has 0 bridgehead atoms. The average Bonchev–Trinajstić information content (AvgIpc) is 2.13. The lowest BCUT2D eigenvalue weighted by Crippen LogP contribution is -2.42. The molecule has 1 amide bonds. The second-order valence-electron chi connectivity index (χ2n) is 3.58. The lowest BCUT2D eigenvalue weighted by Gasteiger charge is -2.23. The van der Waals surface area contributed by atoms with E-state index < -0.39 is 5.54 Å². The van der Waals surface area contributed by atoms with Crippen LogP contribution in [-0.2, 0) is 4.74 Å². The second-order valence-corrected chi connectivity index (χ2v) is 3.58. The first-order valence-corrected chi connectivity index (χ1v) is 4.59. The van der Waals surface area contributed by atoms with Gasteiger partial charge >= 0.3 is 6.09 Å². The van der Waals surface area contributed by atoms with Crippen LogP contribution in [0, 0.1) is 0 Å². The Balaban J connectivity index is 3.83. The van der Waals surface area contributed by atoms with Gasteiger partial charge < -0.3 is 15.4 Å². The van der Waals surface area contributed by atoms with Gasteiger partial charge in [-0.25, -0.2) is 4.79 Å². The summed E-state index contributed by atoms with van der Waals surface area (Å²) in [6.45, 7) is 6.64. The molecular weight excluding hydrogens is 168 g/mol. The van der Waals surface area contributed by atoms with E-state index in [2.05, 4.69) is 0 Å². The fraction of sp³-hybridized carbons (Fsp3) is 0.889. The van der Waals surface area contributed by atoms with Crippen molar-refractivity contribution in [2.75, 3.05) is 20.2 Å². The summed E-state index contributed by atoms with van der Waals surface area (Å²) in [6, 6.07) is 0. The van der Waals surface area contributed by atoms with Crippen LogP contribution in [0.3, 0.4) is 0 Å². The van der Waals surface area contributed by atoms with E-state index in [1.54, 1.807) is 7.05 Å². The number of hydrogen-bond acceptors (Lipinski definition) is 3. The maximum atomic E-state index is 11.2. The summed E-state index contributed by atoms with van der Waals surface area (Å²) in [5.74, 6) is 0. The molecule has 0 aliphatic heterocycles. The minimum atomic E-state index is -0.412. The van der Waals surface area contributed by atoms with Crippen LogP contribution in [0.4, 0.5) is 4.79 Å². The van der Waals surface area contributed by atoms with Gasteiger partial charge in [-0.2, -0.15) is 0 Å². The monoisotopic (exact) mass is 188 g/mol. The Kier molecular flexibility index (Phi) is 4.77. The average molecular weight is 188 g/mol. The number of nitrogens with two attached hydrogens (primary N) is 1. The Morgan fingerprint density at radius 2 is 2.08 bits per heavy atom. The van der Waals surface area contributed by atoms with Crippen molar-refractivity contribution in [3.63, 3.8) is 0 Å². The summed E-state index contributed by atoms with van der Waals surface area (Å²) >= 11 is 0. The zero-order valence-electron chi connectivity index (χ0n) is 8.96. The highest BCUT2D eigenvalue weighted by atomic mass is 16.6. The van der Waals surface area contributed by atoms with Gasteiger partial charge in [0, 0.05) is 19.1 Å². The van der Waals surface area contributed by atoms with Crippen molar-refractivity contribution in [1.29, 1.82) is 0 Å². The van der Waals surface area contributed by atoms with Gasteiger partial charge in [0.25, 0.3) is 0 Å². The van der Waals surface area contributed by atoms with E-state index in [1.807, 2.05) is 20.8 Å². The van der Waals surface area contributed by atoms with Gasteiger partial charge in [-0.1, -0.05) is 6.92 Å². The van der Waals surface area contributed by atoms with Crippen LogP contribution >= 0.6 is 0 Å². The molecule has 2 N–H and O–H groups in total. The van der Waals surface area contributed by atoms with Crippen LogP contribution in [0.1, 0.15) is 27.2 Å². The molecule has 0 aromatic rings. The van der Waals surface area contributed by atoms with Gasteiger partial charge in [0.15, 0.2) is 0 Å². The zero-order valence-corrected chi connectivity index (χ0v) is 8.96. The van der Waals surface area contributed by atoms with Crippen LogP contribution in [0.25, 0.3) is 0 Å². The van der Waals surface area contributed by atoms with Crippen molar-refractivity contribution in [1.82, 2.24) is 4.90 Å². The lowest BCUT2D eigenvalue weighted by atomic mass is 10.0.